The van der Waals surface area contributed by atoms with Gasteiger partial charge in [-0.3, -0.25) is 8.37 Å². The number of hydrogen-bond donors (Lipinski definition) is 0. The van der Waals surface area contributed by atoms with Crippen LogP contribution in [-0.2, 0) is 111 Å². The van der Waals surface area contributed by atoms with E-state index >= 15 is 0 Å². The highest BCUT2D eigenvalue weighted by Gasteiger charge is 2.56. The molecule has 2 heterocycles. The third kappa shape index (κ3) is 16.7. The van der Waals surface area contributed by atoms with Gasteiger partial charge < -0.3 is 42.6 Å². The molecule has 0 aliphatic carbocycles. The van der Waals surface area contributed by atoms with Gasteiger partial charge in [0, 0.05) is 0 Å². The highest BCUT2D eigenvalue weighted by molar-refractivity contribution is 7.87. The van der Waals surface area contributed by atoms with Crippen LogP contribution in [0, 0.1) is 0 Å². The first-order valence-corrected chi connectivity index (χ1v) is 27.6. The Hall–Kier alpha value is -5.64. The number of halogens is 6. The van der Waals surface area contributed by atoms with E-state index in [9.17, 15) is 43.2 Å². The van der Waals surface area contributed by atoms with E-state index < -0.39 is 106 Å². The second kappa shape index (κ2) is 27.7. The normalized spacial score (nSPS) is 24.0. The molecule has 8 rings (SSSR count). The summed E-state index contributed by atoms with van der Waals surface area (Å²) in [6, 6.07) is 52.1. The quantitative estimate of drug-likeness (QED) is 0.0286. The zero-order valence-corrected chi connectivity index (χ0v) is 43.6. The minimum atomic E-state index is -6.28. The maximum atomic E-state index is 14.0. The number of benzene rings is 6. The first-order valence-electron chi connectivity index (χ1n) is 24.7. The van der Waals surface area contributed by atoms with Crippen molar-refractivity contribution in [1.29, 1.82) is 0 Å². The highest BCUT2D eigenvalue weighted by atomic mass is 32.2. The Bertz CT molecular complexity index is 2770. The topological polar surface area (TPSA) is 170 Å². The van der Waals surface area contributed by atoms with Crippen LogP contribution in [0.15, 0.2) is 182 Å². The molecule has 2 aliphatic heterocycles. The van der Waals surface area contributed by atoms with E-state index in [1.54, 1.807) is 182 Å². The molecular formula is C56H56F6O15S2. The molecule has 79 heavy (non-hydrogen) atoms. The van der Waals surface area contributed by atoms with Crippen molar-refractivity contribution in [2.24, 2.45) is 0 Å². The minimum Gasteiger partial charge on any atom is -0.368 e. The monoisotopic (exact) mass is 1150 g/mol. The van der Waals surface area contributed by atoms with Gasteiger partial charge in [0.15, 0.2) is 12.6 Å². The molecule has 2 fully saturated rings. The van der Waals surface area contributed by atoms with Crippen LogP contribution in [0.5, 0.6) is 0 Å². The van der Waals surface area contributed by atoms with Gasteiger partial charge in [-0.1, -0.05) is 182 Å². The van der Waals surface area contributed by atoms with Crippen LogP contribution in [-0.4, -0.2) is 102 Å². The Morgan fingerprint density at radius 3 is 0.772 bits per heavy atom. The summed E-state index contributed by atoms with van der Waals surface area (Å²) in [4.78, 5) is 0. The zero-order chi connectivity index (χ0) is 55.9. The van der Waals surface area contributed by atoms with E-state index in [-0.39, 0.29) is 39.6 Å². The molecule has 6 aromatic carbocycles. The number of ether oxygens (including phenoxy) is 9. The molecule has 15 nitrogen and oxygen atoms in total. The minimum absolute atomic E-state index is 0.186. The summed E-state index contributed by atoms with van der Waals surface area (Å²) in [5.74, 6) is 0. The molecule has 23 heteroatoms. The van der Waals surface area contributed by atoms with Crippen molar-refractivity contribution in [3.63, 3.8) is 0 Å². The first kappa shape index (κ1) is 59.5. The van der Waals surface area contributed by atoms with Crippen molar-refractivity contribution in [2.75, 3.05) is 13.2 Å². The summed E-state index contributed by atoms with van der Waals surface area (Å²) < 4.78 is 203. The molecule has 0 amide bonds. The van der Waals surface area contributed by atoms with E-state index in [4.69, 9.17) is 42.6 Å². The SMILES string of the molecule is O=S(=O)(OC[C@H]1O[C@H](O[C@H]2O[C@H](COS(=O)(=O)C(F)(F)F)[C@@H](OCc3ccccc3)[C@H](OCc3ccccc3)[C@H]2OCc2ccccc2)[C@H](OCc2ccccc2)[C@@H](OCc2ccccc2)[C@@H]1OCc1ccccc1)C(F)(F)F. The van der Waals surface area contributed by atoms with Crippen LogP contribution < -0.4 is 0 Å². The molecule has 2 aliphatic rings. The smallest absolute Gasteiger partial charge is 0.368 e. The van der Waals surface area contributed by atoms with Crippen LogP contribution >= 0.6 is 0 Å². The summed E-state index contributed by atoms with van der Waals surface area (Å²) in [5, 5.41) is 0. The second-order valence-electron chi connectivity index (χ2n) is 18.2. The van der Waals surface area contributed by atoms with Gasteiger partial charge in [-0.25, -0.2) is 0 Å². The second-order valence-corrected chi connectivity index (χ2v) is 21.4. The van der Waals surface area contributed by atoms with Crippen molar-refractivity contribution in [2.45, 2.75) is 112 Å². The lowest BCUT2D eigenvalue weighted by molar-refractivity contribution is -0.393. The molecule has 0 spiro atoms. The molecule has 0 saturated carbocycles. The first-order chi connectivity index (χ1) is 37.9. The molecular weight excluding hydrogens is 1090 g/mol. The predicted octanol–water partition coefficient (Wildman–Crippen LogP) is 9.70. The van der Waals surface area contributed by atoms with E-state index in [1.165, 1.54) is 0 Å². The zero-order valence-electron chi connectivity index (χ0n) is 42.0. The number of rotatable bonds is 26. The Morgan fingerprint density at radius 2 is 0.544 bits per heavy atom. The van der Waals surface area contributed by atoms with Gasteiger partial charge in [0.1, 0.15) is 48.8 Å². The molecule has 0 bridgehead atoms. The summed E-state index contributed by atoms with van der Waals surface area (Å²) in [7, 11) is -12.6. The van der Waals surface area contributed by atoms with E-state index in [0.29, 0.717) is 33.4 Å². The van der Waals surface area contributed by atoms with Crippen molar-refractivity contribution in [1.82, 2.24) is 0 Å². The molecule has 0 unspecified atom stereocenters. The lowest BCUT2D eigenvalue weighted by atomic mass is 9.96. The third-order valence-corrected chi connectivity index (χ3v) is 14.5. The van der Waals surface area contributed by atoms with E-state index in [1.807, 2.05) is 0 Å². The fourth-order valence-electron chi connectivity index (χ4n) is 8.56. The standard InChI is InChI=1S/C56H56F6O15S2/c57-55(58,59)78(63,64)73-37-45-47(67-31-39-19-7-1-8-20-39)49(69-33-41-23-11-3-12-24-41)51(71-35-43-27-15-5-16-28-43)53(75-45)77-54-52(72-36-44-29-17-6-18-30-44)50(70-34-42-25-13-4-14-26-42)48(68-32-40-21-9-2-10-22-40)46(76-54)38-74-79(65,66)56(60,61)62/h1-30,45-54H,31-38H2/t45-,46-,47-,48-,49+,50+,51-,52-,53-,54-/m1/s1. The van der Waals surface area contributed by atoms with Crippen LogP contribution in [0.25, 0.3) is 0 Å². The van der Waals surface area contributed by atoms with Crippen molar-refractivity contribution in [3.8, 4) is 0 Å². The van der Waals surface area contributed by atoms with Gasteiger partial charge >= 0.3 is 31.3 Å². The summed E-state index contributed by atoms with van der Waals surface area (Å²) in [6.45, 7) is -3.86. The molecule has 0 aromatic heterocycles. The van der Waals surface area contributed by atoms with Gasteiger partial charge in [0.05, 0.1) is 52.9 Å². The third-order valence-electron chi connectivity index (χ3n) is 12.5. The van der Waals surface area contributed by atoms with Gasteiger partial charge in [0.25, 0.3) is 0 Å². The summed E-state index contributed by atoms with van der Waals surface area (Å²) in [5.41, 5.74) is -8.10. The summed E-state index contributed by atoms with van der Waals surface area (Å²) in [6.07, 6.45) is -16.3. The maximum absolute atomic E-state index is 14.0. The highest BCUT2D eigenvalue weighted by Crippen LogP contribution is 2.38. The molecule has 0 N–H and O–H groups in total. The molecule has 2 saturated heterocycles. The predicted molar refractivity (Wildman–Crippen MR) is 270 cm³/mol. The van der Waals surface area contributed by atoms with Crippen LogP contribution in [0.4, 0.5) is 26.3 Å². The van der Waals surface area contributed by atoms with Gasteiger partial charge in [-0.05, 0) is 33.4 Å². The Morgan fingerprint density at radius 1 is 0.329 bits per heavy atom. The van der Waals surface area contributed by atoms with Crippen LogP contribution in [0.2, 0.25) is 0 Å². The van der Waals surface area contributed by atoms with E-state index in [0.717, 1.165) is 0 Å². The van der Waals surface area contributed by atoms with Crippen LogP contribution in [0.1, 0.15) is 33.4 Å². The largest absolute Gasteiger partial charge is 0.523 e. The fraction of sp³-hybridized carbons (Fsp3) is 0.357. The van der Waals surface area contributed by atoms with Crippen LogP contribution in [0.3, 0.4) is 0 Å². The van der Waals surface area contributed by atoms with Crippen molar-refractivity contribution < 1.29 is 94.2 Å². The number of hydrogen-bond acceptors (Lipinski definition) is 15. The van der Waals surface area contributed by atoms with Gasteiger partial charge in [-0.15, -0.1) is 0 Å². The Balaban J connectivity index is 1.25. The average molecular weight is 1150 g/mol. The summed E-state index contributed by atoms with van der Waals surface area (Å²) >= 11 is 0. The molecule has 6 aromatic rings. The van der Waals surface area contributed by atoms with Crippen molar-refractivity contribution in [3.05, 3.63) is 215 Å². The number of alkyl halides is 6. The fourth-order valence-corrected chi connectivity index (χ4v) is 9.45. The lowest BCUT2D eigenvalue weighted by Gasteiger charge is -2.49. The molecule has 10 atom stereocenters. The molecule has 424 valence electrons. The molecule has 0 radical (unpaired) electrons. The lowest BCUT2D eigenvalue weighted by Crippen LogP contribution is -2.66. The Labute approximate surface area is 453 Å². The maximum Gasteiger partial charge on any atom is 0.523 e. The van der Waals surface area contributed by atoms with E-state index in [2.05, 4.69) is 8.37 Å². The average Bonchev–Trinajstić information content (AvgIpc) is 3.56. The van der Waals surface area contributed by atoms with Gasteiger partial charge in [0.2, 0.25) is 0 Å². The van der Waals surface area contributed by atoms with Crippen molar-refractivity contribution >= 4 is 20.2 Å². The van der Waals surface area contributed by atoms with Gasteiger partial charge in [-0.2, -0.15) is 43.2 Å². The Kier molecular flexibility index (Phi) is 20.8.